The van der Waals surface area contributed by atoms with Crippen LogP contribution in [0.5, 0.6) is 0 Å². The molecule has 0 radical (unpaired) electrons. The molecule has 2 N–H and O–H groups in total. The first kappa shape index (κ1) is 11.8. The highest BCUT2D eigenvalue weighted by Gasteiger charge is 2.32. The number of hydrogen-bond acceptors (Lipinski definition) is 4. The molecule has 1 aromatic heterocycles. The smallest absolute Gasteiger partial charge is 0.340 e. The van der Waals surface area contributed by atoms with Gasteiger partial charge in [-0.25, -0.2) is 9.89 Å². The largest absolute Gasteiger partial charge is 0.342 e. The van der Waals surface area contributed by atoms with Gasteiger partial charge in [0.15, 0.2) is 0 Å². The Morgan fingerprint density at radius 1 is 1.33 bits per heavy atom. The molecule has 18 heavy (non-hydrogen) atoms. The van der Waals surface area contributed by atoms with E-state index in [9.17, 15) is 9.59 Å². The minimum atomic E-state index is -0.255. The summed E-state index contributed by atoms with van der Waals surface area (Å²) in [6.07, 6.45) is 1.76. The molecule has 2 aliphatic rings. The fourth-order valence-corrected chi connectivity index (χ4v) is 3.24. The SMILES string of the molecule is O=C(C1CSC1)N1CCC(c2n[nH]c(=O)[nH]2)CC1. The molecule has 0 unspecified atom stereocenters. The molecule has 2 aliphatic heterocycles. The summed E-state index contributed by atoms with van der Waals surface area (Å²) in [5.41, 5.74) is -0.255. The van der Waals surface area contributed by atoms with Crippen LogP contribution in [0.4, 0.5) is 0 Å². The third kappa shape index (κ3) is 2.19. The van der Waals surface area contributed by atoms with E-state index in [0.717, 1.165) is 43.3 Å². The van der Waals surface area contributed by atoms with Crippen molar-refractivity contribution >= 4 is 17.7 Å². The maximum atomic E-state index is 12.1. The van der Waals surface area contributed by atoms with Crippen LogP contribution < -0.4 is 5.69 Å². The first-order valence-corrected chi connectivity index (χ1v) is 7.40. The highest BCUT2D eigenvalue weighted by Crippen LogP contribution is 2.30. The normalized spacial score (nSPS) is 21.9. The second kappa shape index (κ2) is 4.79. The number of aromatic nitrogens is 3. The quantitative estimate of drug-likeness (QED) is 0.801. The Labute approximate surface area is 109 Å². The lowest BCUT2D eigenvalue weighted by molar-refractivity contribution is -0.135. The molecule has 0 atom stereocenters. The van der Waals surface area contributed by atoms with Gasteiger partial charge in [0.05, 0.1) is 5.92 Å². The van der Waals surface area contributed by atoms with E-state index in [2.05, 4.69) is 15.2 Å². The number of thioether (sulfide) groups is 1. The molecule has 98 valence electrons. The average molecular weight is 268 g/mol. The van der Waals surface area contributed by atoms with E-state index in [1.54, 1.807) is 0 Å². The van der Waals surface area contributed by atoms with Gasteiger partial charge in [-0.15, -0.1) is 0 Å². The number of carbonyl (C=O) groups is 1. The van der Waals surface area contributed by atoms with Crippen molar-refractivity contribution in [1.29, 1.82) is 0 Å². The number of likely N-dealkylation sites (tertiary alicyclic amines) is 1. The lowest BCUT2D eigenvalue weighted by Crippen LogP contribution is -2.45. The van der Waals surface area contributed by atoms with Crippen molar-refractivity contribution in [2.24, 2.45) is 5.92 Å². The maximum Gasteiger partial charge on any atom is 0.340 e. The zero-order valence-corrected chi connectivity index (χ0v) is 10.8. The Hall–Kier alpha value is -1.24. The summed E-state index contributed by atoms with van der Waals surface area (Å²) in [6.45, 7) is 1.55. The molecule has 0 spiro atoms. The van der Waals surface area contributed by atoms with Crippen LogP contribution in [0.15, 0.2) is 4.79 Å². The van der Waals surface area contributed by atoms with Crippen molar-refractivity contribution in [2.45, 2.75) is 18.8 Å². The van der Waals surface area contributed by atoms with Gasteiger partial charge < -0.3 is 4.90 Å². The molecule has 3 rings (SSSR count). The molecule has 0 aromatic carbocycles. The second-order valence-electron chi connectivity index (χ2n) is 4.90. The molecule has 2 saturated heterocycles. The van der Waals surface area contributed by atoms with Gasteiger partial charge in [-0.3, -0.25) is 9.78 Å². The summed E-state index contributed by atoms with van der Waals surface area (Å²) < 4.78 is 0. The number of carbonyl (C=O) groups excluding carboxylic acids is 1. The average Bonchev–Trinajstić information content (AvgIpc) is 2.74. The van der Waals surface area contributed by atoms with Crippen LogP contribution in [0.3, 0.4) is 0 Å². The number of piperidine rings is 1. The molecule has 7 heteroatoms. The molecule has 1 amide bonds. The number of amides is 1. The van der Waals surface area contributed by atoms with Crippen molar-refractivity contribution < 1.29 is 4.79 Å². The number of H-pyrrole nitrogens is 2. The van der Waals surface area contributed by atoms with Gasteiger partial charge in [0.2, 0.25) is 5.91 Å². The second-order valence-corrected chi connectivity index (χ2v) is 5.97. The molecule has 2 fully saturated rings. The van der Waals surface area contributed by atoms with Crippen LogP contribution in [0.1, 0.15) is 24.6 Å². The standard InChI is InChI=1S/C11H16N4O2S/c16-10(8-5-18-6-8)15-3-1-7(2-4-15)9-12-11(17)14-13-9/h7-8H,1-6H2,(H2,12,13,14,17). The van der Waals surface area contributed by atoms with E-state index < -0.39 is 0 Å². The third-order valence-electron chi connectivity index (χ3n) is 3.70. The van der Waals surface area contributed by atoms with Gasteiger partial charge in [0.25, 0.3) is 0 Å². The monoisotopic (exact) mass is 268 g/mol. The van der Waals surface area contributed by atoms with E-state index in [0.29, 0.717) is 5.91 Å². The summed E-state index contributed by atoms with van der Waals surface area (Å²) in [5, 5.41) is 6.36. The van der Waals surface area contributed by atoms with Crippen LogP contribution in [0.25, 0.3) is 0 Å². The molecular weight excluding hydrogens is 252 g/mol. The molecule has 0 aliphatic carbocycles. The molecular formula is C11H16N4O2S. The summed E-state index contributed by atoms with van der Waals surface area (Å²) >= 11 is 1.84. The predicted octanol–water partition coefficient (Wildman–Crippen LogP) is 0.167. The fourth-order valence-electron chi connectivity index (χ4n) is 2.49. The molecule has 6 nitrogen and oxygen atoms in total. The summed E-state index contributed by atoms with van der Waals surface area (Å²) in [7, 11) is 0. The fraction of sp³-hybridized carbons (Fsp3) is 0.727. The summed E-state index contributed by atoms with van der Waals surface area (Å²) in [5.74, 6) is 3.51. The van der Waals surface area contributed by atoms with E-state index in [4.69, 9.17) is 0 Å². The highest BCUT2D eigenvalue weighted by molar-refractivity contribution is 8.00. The lowest BCUT2D eigenvalue weighted by Gasteiger charge is -2.35. The summed E-state index contributed by atoms with van der Waals surface area (Å²) in [4.78, 5) is 27.7. The van der Waals surface area contributed by atoms with Gasteiger partial charge in [-0.05, 0) is 12.8 Å². The number of nitrogens with one attached hydrogen (secondary N) is 2. The van der Waals surface area contributed by atoms with Crippen LogP contribution in [-0.2, 0) is 4.79 Å². The summed E-state index contributed by atoms with van der Waals surface area (Å²) in [6, 6.07) is 0. The first-order valence-electron chi connectivity index (χ1n) is 6.25. The molecule has 3 heterocycles. The zero-order valence-electron chi connectivity index (χ0n) is 10.0. The topological polar surface area (TPSA) is 81.8 Å². The van der Waals surface area contributed by atoms with Crippen LogP contribution >= 0.6 is 11.8 Å². The van der Waals surface area contributed by atoms with Gasteiger partial charge in [-0.1, -0.05) is 0 Å². The highest BCUT2D eigenvalue weighted by atomic mass is 32.2. The third-order valence-corrected chi connectivity index (χ3v) is 4.98. The van der Waals surface area contributed by atoms with E-state index in [1.165, 1.54) is 0 Å². The number of aromatic amines is 2. The minimum absolute atomic E-state index is 0.247. The molecule has 1 aromatic rings. The molecule has 0 saturated carbocycles. The number of rotatable bonds is 2. The Balaban J connectivity index is 1.57. The van der Waals surface area contributed by atoms with E-state index >= 15 is 0 Å². The minimum Gasteiger partial charge on any atom is -0.342 e. The Kier molecular flexibility index (Phi) is 3.15. The van der Waals surface area contributed by atoms with Gasteiger partial charge in [0, 0.05) is 30.5 Å². The van der Waals surface area contributed by atoms with Crippen LogP contribution in [-0.4, -0.2) is 50.6 Å². The van der Waals surface area contributed by atoms with E-state index in [1.807, 2.05) is 16.7 Å². The van der Waals surface area contributed by atoms with Crippen LogP contribution in [0.2, 0.25) is 0 Å². The Bertz CT molecular complexity index is 485. The predicted molar refractivity (Wildman–Crippen MR) is 68.6 cm³/mol. The molecule has 0 bridgehead atoms. The van der Waals surface area contributed by atoms with Crippen molar-refractivity contribution in [2.75, 3.05) is 24.6 Å². The Morgan fingerprint density at radius 2 is 2.06 bits per heavy atom. The lowest BCUT2D eigenvalue weighted by atomic mass is 9.95. The number of hydrogen-bond donors (Lipinski definition) is 2. The van der Waals surface area contributed by atoms with Gasteiger partial charge in [0.1, 0.15) is 5.82 Å². The maximum absolute atomic E-state index is 12.1. The van der Waals surface area contributed by atoms with Crippen LogP contribution in [0, 0.1) is 5.92 Å². The Morgan fingerprint density at radius 3 is 2.56 bits per heavy atom. The zero-order chi connectivity index (χ0) is 12.5. The van der Waals surface area contributed by atoms with Crippen molar-refractivity contribution in [3.8, 4) is 0 Å². The van der Waals surface area contributed by atoms with Gasteiger partial charge >= 0.3 is 5.69 Å². The first-order chi connectivity index (χ1) is 8.74. The van der Waals surface area contributed by atoms with Gasteiger partial charge in [-0.2, -0.15) is 16.9 Å². The van der Waals surface area contributed by atoms with Crippen molar-refractivity contribution in [1.82, 2.24) is 20.1 Å². The van der Waals surface area contributed by atoms with Crippen molar-refractivity contribution in [3.63, 3.8) is 0 Å². The van der Waals surface area contributed by atoms with E-state index in [-0.39, 0.29) is 17.5 Å². The van der Waals surface area contributed by atoms with Crippen molar-refractivity contribution in [3.05, 3.63) is 16.3 Å². The number of nitrogens with zero attached hydrogens (tertiary/aromatic N) is 2.